The van der Waals surface area contributed by atoms with Crippen molar-refractivity contribution in [3.63, 3.8) is 0 Å². The molecule has 1 aliphatic heterocycles. The number of hydrogen-bond donors (Lipinski definition) is 0. The van der Waals surface area contributed by atoms with Crippen molar-refractivity contribution in [3.8, 4) is 12.1 Å². The molecule has 0 radical (unpaired) electrons. The first-order valence-corrected chi connectivity index (χ1v) is 2.50. The predicted molar refractivity (Wildman–Crippen MR) is 29.0 cm³/mol. The van der Waals surface area contributed by atoms with Crippen molar-refractivity contribution in [1.82, 2.24) is 0 Å². The second-order valence-electron chi connectivity index (χ2n) is 1.68. The minimum Gasteiger partial charge on any atom is -0.369 e. The van der Waals surface area contributed by atoms with E-state index in [9.17, 15) is 0 Å². The maximum absolute atomic E-state index is 8.21. The van der Waals surface area contributed by atoms with E-state index in [0.29, 0.717) is 6.61 Å². The van der Waals surface area contributed by atoms with Gasteiger partial charge in [0.05, 0.1) is 6.61 Å². The number of allylic oxidation sites excluding steroid dienone is 1. The Morgan fingerprint density at radius 2 is 2.11 bits per heavy atom. The molecule has 0 bridgehead atoms. The van der Waals surface area contributed by atoms with Crippen LogP contribution in [-0.2, 0) is 4.74 Å². The van der Waals surface area contributed by atoms with Crippen LogP contribution in [0, 0.1) is 22.7 Å². The van der Waals surface area contributed by atoms with Crippen LogP contribution < -0.4 is 0 Å². The largest absolute Gasteiger partial charge is 0.369 e. The summed E-state index contributed by atoms with van der Waals surface area (Å²) in [7, 11) is 0. The number of nitriles is 2. The van der Waals surface area contributed by atoms with Crippen molar-refractivity contribution < 1.29 is 4.74 Å². The van der Waals surface area contributed by atoms with Crippen molar-refractivity contribution >= 4 is 0 Å². The fourth-order valence-corrected chi connectivity index (χ4v) is 0.437. The Balaban J connectivity index is 2.58. The molecule has 1 saturated heterocycles. The maximum atomic E-state index is 8.21. The van der Waals surface area contributed by atoms with E-state index in [2.05, 4.69) is 0 Å². The molecule has 1 unspecified atom stereocenters. The fraction of sp³-hybridized carbons (Fsp3) is 0.333. The van der Waals surface area contributed by atoms with Gasteiger partial charge in [0.2, 0.25) is 0 Å². The summed E-state index contributed by atoms with van der Waals surface area (Å²) in [6.45, 7) is 0.646. The molecule has 0 amide bonds. The number of rotatable bonds is 1. The molecular formula is C6H4N2O. The van der Waals surface area contributed by atoms with Crippen LogP contribution in [0.15, 0.2) is 11.6 Å². The minimum absolute atomic E-state index is 0.0271. The first kappa shape index (κ1) is 5.81. The van der Waals surface area contributed by atoms with Crippen LogP contribution >= 0.6 is 0 Å². The van der Waals surface area contributed by atoms with E-state index in [4.69, 9.17) is 15.3 Å². The van der Waals surface area contributed by atoms with Crippen molar-refractivity contribution in [2.45, 2.75) is 6.10 Å². The molecule has 0 spiro atoms. The normalized spacial score (nSPS) is 21.3. The van der Waals surface area contributed by atoms with Gasteiger partial charge in [-0.2, -0.15) is 10.5 Å². The molecule has 1 fully saturated rings. The second-order valence-corrected chi connectivity index (χ2v) is 1.68. The first-order valence-electron chi connectivity index (χ1n) is 2.50. The van der Waals surface area contributed by atoms with Gasteiger partial charge >= 0.3 is 0 Å². The van der Waals surface area contributed by atoms with Crippen LogP contribution in [0.1, 0.15) is 0 Å². The van der Waals surface area contributed by atoms with E-state index in [1.165, 1.54) is 6.08 Å². The zero-order valence-corrected chi connectivity index (χ0v) is 4.66. The summed E-state index contributed by atoms with van der Waals surface area (Å²) in [5.41, 5.74) is 0.137. The molecule has 1 aliphatic rings. The summed E-state index contributed by atoms with van der Waals surface area (Å²) < 4.78 is 4.76. The number of ether oxygens (including phenoxy) is 1. The van der Waals surface area contributed by atoms with E-state index in [1.54, 1.807) is 12.1 Å². The van der Waals surface area contributed by atoms with Gasteiger partial charge in [-0.25, -0.2) is 0 Å². The van der Waals surface area contributed by atoms with E-state index in [0.717, 1.165) is 0 Å². The Kier molecular flexibility index (Phi) is 1.48. The van der Waals surface area contributed by atoms with Crippen molar-refractivity contribution in [1.29, 1.82) is 10.5 Å². The lowest BCUT2D eigenvalue weighted by molar-refractivity contribution is 0.440. The Bertz CT molecular complexity index is 198. The Morgan fingerprint density at radius 1 is 1.56 bits per heavy atom. The molecule has 0 aliphatic carbocycles. The molecule has 0 N–H and O–H groups in total. The Hall–Kier alpha value is -1.32. The first-order chi connectivity index (χ1) is 4.36. The summed E-state index contributed by atoms with van der Waals surface area (Å²) in [4.78, 5) is 0. The van der Waals surface area contributed by atoms with Gasteiger partial charge in [0.1, 0.15) is 23.8 Å². The van der Waals surface area contributed by atoms with E-state index in [-0.39, 0.29) is 11.7 Å². The molecular weight excluding hydrogens is 116 g/mol. The number of nitrogens with zero attached hydrogens (tertiary/aromatic N) is 2. The van der Waals surface area contributed by atoms with Gasteiger partial charge in [0, 0.05) is 0 Å². The summed E-state index contributed by atoms with van der Waals surface area (Å²) in [6, 6.07) is 3.49. The van der Waals surface area contributed by atoms with Crippen LogP contribution in [0.3, 0.4) is 0 Å². The highest BCUT2D eigenvalue weighted by Gasteiger charge is 2.19. The maximum Gasteiger partial charge on any atom is 0.128 e. The smallest absolute Gasteiger partial charge is 0.128 e. The molecule has 1 atom stereocenters. The third kappa shape index (κ3) is 1.56. The molecule has 3 nitrogen and oxygen atoms in total. The molecule has 0 aromatic carbocycles. The van der Waals surface area contributed by atoms with Crippen LogP contribution in [0.25, 0.3) is 0 Å². The Morgan fingerprint density at radius 3 is 2.44 bits per heavy atom. The van der Waals surface area contributed by atoms with E-state index >= 15 is 0 Å². The highest BCUT2D eigenvalue weighted by Crippen LogP contribution is 2.11. The summed E-state index contributed by atoms with van der Waals surface area (Å²) in [5, 5.41) is 16.4. The Labute approximate surface area is 52.8 Å². The SMILES string of the molecule is N#CC(C#N)=CC1CO1. The minimum atomic E-state index is 0.0271. The van der Waals surface area contributed by atoms with Crippen LogP contribution in [-0.4, -0.2) is 12.7 Å². The third-order valence-corrected chi connectivity index (χ3v) is 0.953. The summed E-state index contributed by atoms with van der Waals surface area (Å²) in [6.07, 6.45) is 1.55. The highest BCUT2D eigenvalue weighted by atomic mass is 16.6. The quantitative estimate of drug-likeness (QED) is 0.370. The number of epoxide rings is 1. The van der Waals surface area contributed by atoms with Crippen LogP contribution in [0.2, 0.25) is 0 Å². The standard InChI is InChI=1S/C6H4N2O/c7-2-5(3-8)1-6-4-9-6/h1,6H,4H2. The number of hydrogen-bond acceptors (Lipinski definition) is 3. The van der Waals surface area contributed by atoms with E-state index in [1.807, 2.05) is 0 Å². The molecule has 1 rings (SSSR count). The van der Waals surface area contributed by atoms with Crippen molar-refractivity contribution in [2.24, 2.45) is 0 Å². The van der Waals surface area contributed by atoms with E-state index < -0.39 is 0 Å². The lowest BCUT2D eigenvalue weighted by Crippen LogP contribution is -1.78. The molecule has 1 heterocycles. The van der Waals surface area contributed by atoms with Gasteiger partial charge in [-0.05, 0) is 6.08 Å². The van der Waals surface area contributed by atoms with Crippen LogP contribution in [0.5, 0.6) is 0 Å². The van der Waals surface area contributed by atoms with Gasteiger partial charge in [-0.1, -0.05) is 0 Å². The molecule has 0 aromatic heterocycles. The molecule has 44 valence electrons. The highest BCUT2D eigenvalue weighted by molar-refractivity contribution is 5.36. The summed E-state index contributed by atoms with van der Waals surface area (Å²) >= 11 is 0. The molecule has 0 aromatic rings. The zero-order valence-electron chi connectivity index (χ0n) is 4.66. The topological polar surface area (TPSA) is 60.1 Å². The average molecular weight is 120 g/mol. The molecule has 3 heteroatoms. The fourth-order valence-electron chi connectivity index (χ4n) is 0.437. The van der Waals surface area contributed by atoms with Crippen molar-refractivity contribution in [3.05, 3.63) is 11.6 Å². The van der Waals surface area contributed by atoms with Gasteiger partial charge < -0.3 is 4.74 Å². The van der Waals surface area contributed by atoms with Gasteiger partial charge in [-0.3, -0.25) is 0 Å². The third-order valence-electron chi connectivity index (χ3n) is 0.953. The predicted octanol–water partition coefficient (Wildman–Crippen LogP) is 0.359. The lowest BCUT2D eigenvalue weighted by atomic mass is 10.3. The van der Waals surface area contributed by atoms with Crippen molar-refractivity contribution in [2.75, 3.05) is 6.61 Å². The average Bonchev–Trinajstić information content (AvgIpc) is 2.66. The van der Waals surface area contributed by atoms with Gasteiger partial charge in [-0.15, -0.1) is 0 Å². The summed E-state index contributed by atoms with van der Waals surface area (Å²) in [5.74, 6) is 0. The lowest BCUT2D eigenvalue weighted by Gasteiger charge is -1.74. The van der Waals surface area contributed by atoms with Gasteiger partial charge in [0.15, 0.2) is 0 Å². The van der Waals surface area contributed by atoms with Gasteiger partial charge in [0.25, 0.3) is 0 Å². The molecule has 0 saturated carbocycles. The zero-order chi connectivity index (χ0) is 6.69. The monoisotopic (exact) mass is 120 g/mol. The molecule has 9 heavy (non-hydrogen) atoms. The van der Waals surface area contributed by atoms with Crippen LogP contribution in [0.4, 0.5) is 0 Å². The second kappa shape index (κ2) is 2.30.